The van der Waals surface area contributed by atoms with Crippen LogP contribution in [0.4, 0.5) is 0 Å². The number of ether oxygens (including phenoxy) is 2. The van der Waals surface area contributed by atoms with Crippen LogP contribution in [-0.4, -0.2) is 24.9 Å². The van der Waals surface area contributed by atoms with Crippen molar-refractivity contribution in [1.82, 2.24) is 0 Å². The third kappa shape index (κ3) is 3.68. The van der Waals surface area contributed by atoms with Crippen molar-refractivity contribution in [2.75, 3.05) is 6.54 Å². The van der Waals surface area contributed by atoms with Crippen LogP contribution in [0.1, 0.15) is 37.7 Å². The topological polar surface area (TPSA) is 44.5 Å². The van der Waals surface area contributed by atoms with E-state index in [2.05, 4.69) is 13.8 Å². The molecule has 0 aromatic carbocycles. The molecule has 2 heterocycles. The van der Waals surface area contributed by atoms with Crippen molar-refractivity contribution in [2.24, 2.45) is 5.73 Å². The second-order valence-corrected chi connectivity index (χ2v) is 6.60. The van der Waals surface area contributed by atoms with Crippen molar-refractivity contribution in [3.63, 3.8) is 0 Å². The third-order valence-electron chi connectivity index (χ3n) is 3.14. The van der Waals surface area contributed by atoms with Crippen molar-refractivity contribution in [2.45, 2.75) is 51.1 Å². The first kappa shape index (κ1) is 14.3. The van der Waals surface area contributed by atoms with Crippen LogP contribution in [0.25, 0.3) is 0 Å². The van der Waals surface area contributed by atoms with Gasteiger partial charge in [0.15, 0.2) is 0 Å². The lowest BCUT2D eigenvalue weighted by molar-refractivity contribution is -0.120. The van der Waals surface area contributed by atoms with E-state index in [4.69, 9.17) is 26.8 Å². The molecule has 0 aliphatic carbocycles. The summed E-state index contributed by atoms with van der Waals surface area (Å²) in [7, 11) is 0. The first-order chi connectivity index (χ1) is 8.58. The minimum atomic E-state index is -0.0509. The smallest absolute Gasteiger partial charge is 0.104 e. The molecule has 3 atom stereocenters. The van der Waals surface area contributed by atoms with Crippen LogP contribution in [0.3, 0.4) is 0 Å². The van der Waals surface area contributed by atoms with Gasteiger partial charge in [0.2, 0.25) is 0 Å². The summed E-state index contributed by atoms with van der Waals surface area (Å²) in [6.07, 6.45) is 2.54. The van der Waals surface area contributed by atoms with Gasteiger partial charge in [-0.2, -0.15) is 0 Å². The molecule has 5 heteroatoms. The second kappa shape index (κ2) is 6.35. The van der Waals surface area contributed by atoms with E-state index in [0.717, 1.165) is 22.1 Å². The van der Waals surface area contributed by atoms with E-state index in [1.54, 1.807) is 0 Å². The second-order valence-electron chi connectivity index (χ2n) is 4.85. The average molecular weight is 290 g/mol. The third-order valence-corrected chi connectivity index (χ3v) is 4.46. The Morgan fingerprint density at radius 1 is 1.44 bits per heavy atom. The van der Waals surface area contributed by atoms with Crippen molar-refractivity contribution in [1.29, 1.82) is 0 Å². The molecule has 1 aromatic rings. The molecular weight excluding hydrogens is 270 g/mol. The molecule has 0 amide bonds. The lowest BCUT2D eigenvalue weighted by Gasteiger charge is -2.33. The van der Waals surface area contributed by atoms with Gasteiger partial charge in [-0.05, 0) is 38.8 Å². The molecule has 1 aliphatic heterocycles. The Labute approximate surface area is 117 Å². The van der Waals surface area contributed by atoms with E-state index >= 15 is 0 Å². The van der Waals surface area contributed by atoms with E-state index in [0.29, 0.717) is 6.54 Å². The van der Waals surface area contributed by atoms with E-state index in [1.165, 1.54) is 11.3 Å². The average Bonchev–Trinajstić information content (AvgIpc) is 2.71. The first-order valence-electron chi connectivity index (χ1n) is 6.34. The number of rotatable bonds is 4. The highest BCUT2D eigenvalue weighted by atomic mass is 35.5. The zero-order valence-electron chi connectivity index (χ0n) is 10.8. The van der Waals surface area contributed by atoms with Gasteiger partial charge < -0.3 is 15.2 Å². The van der Waals surface area contributed by atoms with Gasteiger partial charge in [0.1, 0.15) is 6.10 Å². The highest BCUT2D eigenvalue weighted by Gasteiger charge is 2.27. The van der Waals surface area contributed by atoms with Crippen molar-refractivity contribution in [3.05, 3.63) is 21.3 Å². The van der Waals surface area contributed by atoms with Crippen LogP contribution >= 0.6 is 22.9 Å². The summed E-state index contributed by atoms with van der Waals surface area (Å²) < 4.78 is 12.6. The summed E-state index contributed by atoms with van der Waals surface area (Å²) >= 11 is 7.49. The van der Waals surface area contributed by atoms with E-state index in [1.807, 2.05) is 12.1 Å². The molecule has 0 bridgehead atoms. The summed E-state index contributed by atoms with van der Waals surface area (Å²) in [5.74, 6) is 0. The molecular formula is C13H20ClNO2S. The molecule has 0 spiro atoms. The largest absolute Gasteiger partial charge is 0.375 e. The molecule has 1 fully saturated rings. The number of nitrogens with two attached hydrogens (primary N) is 1. The lowest BCUT2D eigenvalue weighted by atomic mass is 10.0. The zero-order chi connectivity index (χ0) is 13.1. The number of thiophene rings is 1. The van der Waals surface area contributed by atoms with E-state index < -0.39 is 0 Å². The molecule has 102 valence electrons. The minimum absolute atomic E-state index is 0.0509. The SMILES string of the molecule is CC1CC(OC(CN)c2ccc(Cl)s2)CC(C)O1. The van der Waals surface area contributed by atoms with Gasteiger partial charge in [0.05, 0.1) is 22.6 Å². The standard InChI is InChI=1S/C13H20ClNO2S/c1-8-5-10(6-9(2)16-8)17-11(7-15)12-3-4-13(14)18-12/h3-4,8-11H,5-7,15H2,1-2H3. The maximum atomic E-state index is 6.13. The molecule has 18 heavy (non-hydrogen) atoms. The quantitative estimate of drug-likeness (QED) is 0.924. The Bertz CT molecular complexity index is 375. The van der Waals surface area contributed by atoms with Crippen LogP contribution in [-0.2, 0) is 9.47 Å². The predicted octanol–water partition coefficient (Wildman–Crippen LogP) is 3.37. The molecule has 2 rings (SSSR count). The molecule has 1 aliphatic rings. The molecule has 1 aromatic heterocycles. The Kier molecular flexibility index (Phi) is 5.04. The summed E-state index contributed by atoms with van der Waals surface area (Å²) in [4.78, 5) is 1.11. The van der Waals surface area contributed by atoms with Gasteiger partial charge in [-0.3, -0.25) is 0 Å². The fraction of sp³-hybridized carbons (Fsp3) is 0.692. The lowest BCUT2D eigenvalue weighted by Crippen LogP contribution is -2.35. The summed E-state index contributed by atoms with van der Waals surface area (Å²) in [6.45, 7) is 4.66. The van der Waals surface area contributed by atoms with Crippen LogP contribution in [0.2, 0.25) is 4.34 Å². The van der Waals surface area contributed by atoms with Crippen LogP contribution in [0, 0.1) is 0 Å². The van der Waals surface area contributed by atoms with Gasteiger partial charge in [0.25, 0.3) is 0 Å². The van der Waals surface area contributed by atoms with Gasteiger partial charge in [-0.25, -0.2) is 0 Å². The molecule has 2 N–H and O–H groups in total. The molecule has 3 nitrogen and oxygen atoms in total. The van der Waals surface area contributed by atoms with Gasteiger partial charge in [-0.1, -0.05) is 11.6 Å². The fourth-order valence-corrected chi connectivity index (χ4v) is 3.54. The first-order valence-corrected chi connectivity index (χ1v) is 7.54. The summed E-state index contributed by atoms with van der Waals surface area (Å²) in [5.41, 5.74) is 5.81. The number of hydrogen-bond acceptors (Lipinski definition) is 4. The highest BCUT2D eigenvalue weighted by molar-refractivity contribution is 7.16. The van der Waals surface area contributed by atoms with Gasteiger partial charge in [0, 0.05) is 11.4 Å². The normalized spacial score (nSPS) is 30.3. The number of hydrogen-bond donors (Lipinski definition) is 1. The van der Waals surface area contributed by atoms with Crippen molar-refractivity contribution >= 4 is 22.9 Å². The monoisotopic (exact) mass is 289 g/mol. The maximum absolute atomic E-state index is 6.13. The van der Waals surface area contributed by atoms with Crippen molar-refractivity contribution in [3.8, 4) is 0 Å². The molecule has 0 radical (unpaired) electrons. The van der Waals surface area contributed by atoms with Gasteiger partial charge in [-0.15, -0.1) is 11.3 Å². The minimum Gasteiger partial charge on any atom is -0.375 e. The van der Waals surface area contributed by atoms with Crippen LogP contribution in [0.15, 0.2) is 12.1 Å². The van der Waals surface area contributed by atoms with E-state index in [9.17, 15) is 0 Å². The molecule has 3 unspecified atom stereocenters. The Hall–Kier alpha value is -0.130. The zero-order valence-corrected chi connectivity index (χ0v) is 12.3. The fourth-order valence-electron chi connectivity index (χ4n) is 2.43. The Balaban J connectivity index is 1.97. The van der Waals surface area contributed by atoms with E-state index in [-0.39, 0.29) is 24.4 Å². The molecule has 0 saturated carbocycles. The summed E-state index contributed by atoms with van der Waals surface area (Å²) in [5, 5.41) is 0. The highest BCUT2D eigenvalue weighted by Crippen LogP contribution is 2.32. The number of halogens is 1. The predicted molar refractivity (Wildman–Crippen MR) is 75.2 cm³/mol. The van der Waals surface area contributed by atoms with Crippen LogP contribution < -0.4 is 5.73 Å². The Morgan fingerprint density at radius 2 is 2.11 bits per heavy atom. The molecule has 1 saturated heterocycles. The van der Waals surface area contributed by atoms with Crippen molar-refractivity contribution < 1.29 is 9.47 Å². The summed E-state index contributed by atoms with van der Waals surface area (Å²) in [6, 6.07) is 3.89. The van der Waals surface area contributed by atoms with Crippen LogP contribution in [0.5, 0.6) is 0 Å². The Morgan fingerprint density at radius 3 is 2.61 bits per heavy atom. The maximum Gasteiger partial charge on any atom is 0.104 e. The van der Waals surface area contributed by atoms with Gasteiger partial charge >= 0.3 is 0 Å².